The Morgan fingerprint density at radius 2 is 1.91 bits per heavy atom. The number of benzene rings is 1. The second-order valence-corrected chi connectivity index (χ2v) is 5.99. The van der Waals surface area contributed by atoms with Crippen molar-refractivity contribution < 1.29 is 4.42 Å². The number of nitrogens with two attached hydrogens (primary N) is 1. The molecule has 120 valence electrons. The molecule has 3 aromatic rings. The molecule has 3 rings (SSSR count). The number of fused-ring (bicyclic) bond motifs is 1. The summed E-state index contributed by atoms with van der Waals surface area (Å²) in [7, 11) is 1.69. The molecule has 0 unspecified atom stereocenters. The van der Waals surface area contributed by atoms with Crippen molar-refractivity contribution in [1.29, 1.82) is 0 Å². The van der Waals surface area contributed by atoms with Crippen LogP contribution in [0.25, 0.3) is 22.5 Å². The molecule has 2 N–H and O–H groups in total. The number of aryl methyl sites for hydroxylation is 3. The largest absolute Gasteiger partial charge is 0.437 e. The molecule has 1 atom stereocenters. The summed E-state index contributed by atoms with van der Waals surface area (Å²) in [5.74, 6) is 1.52. The molecule has 0 saturated carbocycles. The summed E-state index contributed by atoms with van der Waals surface area (Å²) in [6.07, 6.45) is 0. The van der Waals surface area contributed by atoms with Crippen LogP contribution < -0.4 is 11.3 Å². The second kappa shape index (κ2) is 5.31. The van der Waals surface area contributed by atoms with Crippen LogP contribution in [-0.2, 0) is 7.05 Å². The van der Waals surface area contributed by atoms with Crippen LogP contribution in [0.15, 0.2) is 21.3 Å². The van der Waals surface area contributed by atoms with E-state index in [2.05, 4.69) is 4.98 Å². The van der Waals surface area contributed by atoms with Crippen molar-refractivity contribution in [3.05, 3.63) is 45.2 Å². The number of oxazole rings is 1. The summed E-state index contributed by atoms with van der Waals surface area (Å²) < 4.78 is 7.14. The van der Waals surface area contributed by atoms with Gasteiger partial charge in [-0.2, -0.15) is 0 Å². The van der Waals surface area contributed by atoms with E-state index in [4.69, 9.17) is 15.1 Å². The third-order valence-corrected chi connectivity index (χ3v) is 3.95. The van der Waals surface area contributed by atoms with E-state index >= 15 is 0 Å². The van der Waals surface area contributed by atoms with Gasteiger partial charge in [-0.05, 0) is 38.0 Å². The fraction of sp³-hybridized carbons (Fsp3) is 0.353. The number of hydrogen-bond donors (Lipinski definition) is 1. The van der Waals surface area contributed by atoms with Gasteiger partial charge < -0.3 is 10.2 Å². The average Bonchev–Trinajstić information content (AvgIpc) is 2.81. The number of nitrogens with zero attached hydrogens (tertiary/aromatic N) is 3. The zero-order chi connectivity index (χ0) is 16.9. The minimum absolute atomic E-state index is 0.121. The van der Waals surface area contributed by atoms with Gasteiger partial charge >= 0.3 is 0 Å². The van der Waals surface area contributed by atoms with Gasteiger partial charge in [-0.3, -0.25) is 9.36 Å². The molecular formula is C17H20N4O2. The van der Waals surface area contributed by atoms with Crippen molar-refractivity contribution in [3.63, 3.8) is 0 Å². The SMILES string of the molecule is Cc1cc([C@@H](C)N)c2nc(-c3oc(C)nc3C)n(C)c(=O)c2c1. The Kier molecular flexibility index (Phi) is 3.56. The first-order valence-electron chi connectivity index (χ1n) is 7.51. The highest BCUT2D eigenvalue weighted by atomic mass is 16.4. The lowest BCUT2D eigenvalue weighted by Gasteiger charge is -2.13. The average molecular weight is 312 g/mol. The van der Waals surface area contributed by atoms with Crippen molar-refractivity contribution in [2.24, 2.45) is 12.8 Å². The number of rotatable bonds is 2. The fourth-order valence-corrected chi connectivity index (χ4v) is 2.84. The molecule has 6 heteroatoms. The third kappa shape index (κ3) is 2.45. The molecule has 2 heterocycles. The normalized spacial score (nSPS) is 12.8. The molecule has 23 heavy (non-hydrogen) atoms. The maximum absolute atomic E-state index is 12.8. The Morgan fingerprint density at radius 1 is 1.22 bits per heavy atom. The summed E-state index contributed by atoms with van der Waals surface area (Å²) in [5, 5.41) is 0.567. The topological polar surface area (TPSA) is 86.9 Å². The standard InChI is InChI=1S/C17H20N4O2/c1-8-6-12(9(2)18)14-13(7-8)17(22)21(5)16(20-14)15-10(3)19-11(4)23-15/h6-7,9H,18H2,1-5H3/t9-/m1/s1. The smallest absolute Gasteiger partial charge is 0.261 e. The Balaban J connectivity index is 2.44. The summed E-state index contributed by atoms with van der Waals surface area (Å²) in [6, 6.07) is 3.60. The lowest BCUT2D eigenvalue weighted by molar-refractivity contribution is 0.526. The van der Waals surface area contributed by atoms with Gasteiger partial charge in [0, 0.05) is 20.0 Å². The molecule has 1 aromatic carbocycles. The predicted octanol–water partition coefficient (Wildman–Crippen LogP) is 2.53. The fourth-order valence-electron chi connectivity index (χ4n) is 2.84. The van der Waals surface area contributed by atoms with Crippen molar-refractivity contribution in [2.45, 2.75) is 33.7 Å². The van der Waals surface area contributed by atoms with E-state index in [1.165, 1.54) is 4.57 Å². The Hall–Kier alpha value is -2.47. The van der Waals surface area contributed by atoms with E-state index in [0.717, 1.165) is 11.1 Å². The molecule has 2 aromatic heterocycles. The van der Waals surface area contributed by atoms with Gasteiger partial charge in [-0.1, -0.05) is 6.07 Å². The molecule has 0 spiro atoms. The molecule has 0 bridgehead atoms. The quantitative estimate of drug-likeness (QED) is 0.785. The monoisotopic (exact) mass is 312 g/mol. The van der Waals surface area contributed by atoms with Gasteiger partial charge in [-0.25, -0.2) is 9.97 Å². The minimum Gasteiger partial charge on any atom is -0.437 e. The Bertz CT molecular complexity index is 967. The third-order valence-electron chi connectivity index (χ3n) is 3.95. The molecule has 0 aliphatic heterocycles. The Morgan fingerprint density at radius 3 is 2.48 bits per heavy atom. The van der Waals surface area contributed by atoms with Crippen LogP contribution in [-0.4, -0.2) is 14.5 Å². The maximum Gasteiger partial charge on any atom is 0.261 e. The first kappa shape index (κ1) is 15.4. The molecular weight excluding hydrogens is 292 g/mol. The van der Waals surface area contributed by atoms with Gasteiger partial charge in [0.15, 0.2) is 17.5 Å². The zero-order valence-electron chi connectivity index (χ0n) is 14.0. The van der Waals surface area contributed by atoms with E-state index in [1.54, 1.807) is 14.0 Å². The maximum atomic E-state index is 12.8. The van der Waals surface area contributed by atoms with E-state index in [-0.39, 0.29) is 11.6 Å². The highest BCUT2D eigenvalue weighted by Crippen LogP contribution is 2.26. The predicted molar refractivity (Wildman–Crippen MR) is 89.3 cm³/mol. The number of aromatic nitrogens is 3. The summed E-state index contributed by atoms with van der Waals surface area (Å²) in [5.41, 5.74) is 9.13. The molecule has 0 fully saturated rings. The van der Waals surface area contributed by atoms with E-state index in [9.17, 15) is 4.79 Å². The van der Waals surface area contributed by atoms with Crippen molar-refractivity contribution in [3.8, 4) is 11.6 Å². The van der Waals surface area contributed by atoms with Gasteiger partial charge in [0.1, 0.15) is 0 Å². The summed E-state index contributed by atoms with van der Waals surface area (Å²) >= 11 is 0. The van der Waals surface area contributed by atoms with Crippen LogP contribution in [0, 0.1) is 20.8 Å². The molecule has 0 amide bonds. The van der Waals surface area contributed by atoms with E-state index < -0.39 is 0 Å². The molecule has 0 radical (unpaired) electrons. The van der Waals surface area contributed by atoms with E-state index in [0.29, 0.717) is 34.1 Å². The van der Waals surface area contributed by atoms with Crippen molar-refractivity contribution in [2.75, 3.05) is 0 Å². The molecule has 0 aliphatic carbocycles. The van der Waals surface area contributed by atoms with Crippen molar-refractivity contribution >= 4 is 10.9 Å². The summed E-state index contributed by atoms with van der Waals surface area (Å²) in [6.45, 7) is 7.44. The minimum atomic E-state index is -0.220. The molecule has 0 aliphatic rings. The Labute approximate surface area is 134 Å². The first-order chi connectivity index (χ1) is 10.8. The highest BCUT2D eigenvalue weighted by molar-refractivity contribution is 5.84. The van der Waals surface area contributed by atoms with Crippen LogP contribution in [0.3, 0.4) is 0 Å². The lowest BCUT2D eigenvalue weighted by atomic mass is 10.0. The van der Waals surface area contributed by atoms with Gasteiger partial charge in [0.05, 0.1) is 16.6 Å². The van der Waals surface area contributed by atoms with Gasteiger partial charge in [0.2, 0.25) is 0 Å². The molecule has 6 nitrogen and oxygen atoms in total. The lowest BCUT2D eigenvalue weighted by Crippen LogP contribution is -2.22. The second-order valence-electron chi connectivity index (χ2n) is 5.99. The number of hydrogen-bond acceptors (Lipinski definition) is 5. The summed E-state index contributed by atoms with van der Waals surface area (Å²) in [4.78, 5) is 21.7. The van der Waals surface area contributed by atoms with Crippen LogP contribution >= 0.6 is 0 Å². The van der Waals surface area contributed by atoms with Crippen LogP contribution in [0.4, 0.5) is 0 Å². The zero-order valence-corrected chi connectivity index (χ0v) is 14.0. The molecule has 0 saturated heterocycles. The van der Waals surface area contributed by atoms with Crippen LogP contribution in [0.1, 0.15) is 35.7 Å². The van der Waals surface area contributed by atoms with Gasteiger partial charge in [-0.15, -0.1) is 0 Å². The first-order valence-corrected chi connectivity index (χ1v) is 7.51. The van der Waals surface area contributed by atoms with Crippen LogP contribution in [0.2, 0.25) is 0 Å². The highest BCUT2D eigenvalue weighted by Gasteiger charge is 2.19. The van der Waals surface area contributed by atoms with E-state index in [1.807, 2.05) is 32.9 Å². The van der Waals surface area contributed by atoms with Crippen molar-refractivity contribution in [1.82, 2.24) is 14.5 Å². The van der Waals surface area contributed by atoms with Gasteiger partial charge in [0.25, 0.3) is 5.56 Å². The van der Waals surface area contributed by atoms with Crippen LogP contribution in [0.5, 0.6) is 0 Å².